The van der Waals surface area contributed by atoms with E-state index in [9.17, 15) is 18.8 Å². The molecule has 4 rings (SSSR count). The van der Waals surface area contributed by atoms with Crippen molar-refractivity contribution in [3.63, 3.8) is 0 Å². The molecule has 29 heavy (non-hydrogen) atoms. The topological polar surface area (TPSA) is 62.1 Å². The number of benzene rings is 1. The molecule has 6 nitrogen and oxygen atoms in total. The number of halogens is 1. The summed E-state index contributed by atoms with van der Waals surface area (Å²) in [4.78, 5) is 42.1. The fourth-order valence-electron chi connectivity index (χ4n) is 4.98. The van der Waals surface area contributed by atoms with Crippen molar-refractivity contribution in [1.29, 1.82) is 0 Å². The Labute approximate surface area is 170 Å². The van der Waals surface area contributed by atoms with Gasteiger partial charge in [0, 0.05) is 18.5 Å². The molecule has 0 aromatic heterocycles. The molecule has 3 aliphatic rings. The molecular weight excluding hydrogens is 373 g/mol. The predicted octanol–water partition coefficient (Wildman–Crippen LogP) is 0.618. The second-order valence-corrected chi connectivity index (χ2v) is 8.47. The van der Waals surface area contributed by atoms with Crippen molar-refractivity contribution in [1.82, 2.24) is 9.80 Å². The van der Waals surface area contributed by atoms with Gasteiger partial charge >= 0.3 is 0 Å². The minimum atomic E-state index is -0.181. The van der Waals surface area contributed by atoms with Gasteiger partial charge in [-0.2, -0.15) is 0 Å². The van der Waals surface area contributed by atoms with Crippen LogP contribution in [-0.4, -0.2) is 60.2 Å². The summed E-state index contributed by atoms with van der Waals surface area (Å²) >= 11 is 0. The average Bonchev–Trinajstić information content (AvgIpc) is 2.99. The highest BCUT2D eigenvalue weighted by Crippen LogP contribution is 2.37. The Bertz CT molecular complexity index is 767. The number of hydrogen-bond donors (Lipinski definition) is 1. The van der Waals surface area contributed by atoms with E-state index in [2.05, 4.69) is 0 Å². The van der Waals surface area contributed by atoms with Gasteiger partial charge in [0.25, 0.3) is 0 Å². The Morgan fingerprint density at radius 2 is 1.66 bits per heavy atom. The van der Waals surface area contributed by atoms with Gasteiger partial charge in [0.05, 0.1) is 38.0 Å². The van der Waals surface area contributed by atoms with E-state index in [0.717, 1.165) is 38.8 Å². The van der Waals surface area contributed by atoms with Crippen molar-refractivity contribution in [3.05, 3.63) is 35.6 Å². The lowest BCUT2D eigenvalue weighted by atomic mass is 9.81. The first-order valence-corrected chi connectivity index (χ1v) is 10.7. The van der Waals surface area contributed by atoms with Gasteiger partial charge in [-0.05, 0) is 18.9 Å². The fraction of sp³-hybridized carbons (Fsp3) is 0.591. The van der Waals surface area contributed by atoms with Crippen molar-refractivity contribution in [3.8, 4) is 0 Å². The molecule has 1 N–H and O–H groups in total. The highest BCUT2D eigenvalue weighted by atomic mass is 19.1. The quantitative estimate of drug-likeness (QED) is 0.735. The molecule has 156 valence electrons. The van der Waals surface area contributed by atoms with Crippen LogP contribution in [0, 0.1) is 17.7 Å². The van der Waals surface area contributed by atoms with Crippen LogP contribution in [0.1, 0.15) is 37.7 Å². The van der Waals surface area contributed by atoms with Crippen molar-refractivity contribution < 1.29 is 23.7 Å². The number of amides is 3. The molecule has 3 amide bonds. The van der Waals surface area contributed by atoms with Crippen LogP contribution in [-0.2, 0) is 20.9 Å². The van der Waals surface area contributed by atoms with E-state index in [4.69, 9.17) is 0 Å². The molecule has 1 aliphatic carbocycles. The van der Waals surface area contributed by atoms with Crippen LogP contribution < -0.4 is 4.90 Å². The summed E-state index contributed by atoms with van der Waals surface area (Å²) in [5.74, 6) is -0.656. The second kappa shape index (κ2) is 8.61. The van der Waals surface area contributed by atoms with Gasteiger partial charge < -0.3 is 9.80 Å². The summed E-state index contributed by atoms with van der Waals surface area (Å²) in [6.45, 7) is 3.60. The molecule has 7 heteroatoms. The van der Waals surface area contributed by atoms with Crippen LogP contribution in [0.2, 0.25) is 0 Å². The molecule has 2 saturated heterocycles. The lowest BCUT2D eigenvalue weighted by Gasteiger charge is -2.32. The smallest absolute Gasteiger partial charge is 0.233 e. The van der Waals surface area contributed by atoms with Gasteiger partial charge in [-0.3, -0.25) is 19.3 Å². The second-order valence-electron chi connectivity index (χ2n) is 8.47. The van der Waals surface area contributed by atoms with Crippen molar-refractivity contribution in [2.45, 2.75) is 38.6 Å². The van der Waals surface area contributed by atoms with Crippen LogP contribution in [0.3, 0.4) is 0 Å². The number of carbonyl (C=O) groups is 3. The first kappa shape index (κ1) is 20.0. The Kier molecular flexibility index (Phi) is 5.94. The Hall–Kier alpha value is -2.28. The third-order valence-electron chi connectivity index (χ3n) is 6.70. The number of rotatable bonds is 5. The third kappa shape index (κ3) is 4.20. The molecule has 0 radical (unpaired) electrons. The lowest BCUT2D eigenvalue weighted by Crippen LogP contribution is -3.13. The van der Waals surface area contributed by atoms with Gasteiger partial charge in [-0.15, -0.1) is 0 Å². The van der Waals surface area contributed by atoms with Crippen LogP contribution >= 0.6 is 0 Å². The molecule has 2 heterocycles. The van der Waals surface area contributed by atoms with Crippen molar-refractivity contribution in [2.75, 3.05) is 32.7 Å². The standard InChI is InChI=1S/C22H28FN3O3/c23-19-8-4-1-5-16(19)15-24-11-13-25(14-12-24)20(27)9-10-26-21(28)17-6-2-3-7-18(17)22(26)29/h1,4-5,8,17-18H,2-3,6-7,9-15H2/p+1/t17-,18+. The first-order valence-electron chi connectivity index (χ1n) is 10.7. The zero-order valence-electron chi connectivity index (χ0n) is 16.7. The normalized spacial score (nSPS) is 25.4. The first-order chi connectivity index (χ1) is 14.0. The summed E-state index contributed by atoms with van der Waals surface area (Å²) in [6.07, 6.45) is 3.80. The maximum atomic E-state index is 13.8. The molecule has 0 bridgehead atoms. The molecule has 0 spiro atoms. The highest BCUT2D eigenvalue weighted by Gasteiger charge is 2.47. The Morgan fingerprint density at radius 3 is 2.28 bits per heavy atom. The summed E-state index contributed by atoms with van der Waals surface area (Å²) < 4.78 is 13.8. The summed E-state index contributed by atoms with van der Waals surface area (Å²) in [5.41, 5.74) is 0.704. The summed E-state index contributed by atoms with van der Waals surface area (Å²) in [6, 6.07) is 6.82. The Morgan fingerprint density at radius 1 is 1.03 bits per heavy atom. The number of hydrogen-bond acceptors (Lipinski definition) is 3. The van der Waals surface area contributed by atoms with Crippen LogP contribution in [0.15, 0.2) is 24.3 Å². The number of nitrogens with zero attached hydrogens (tertiary/aromatic N) is 2. The number of fused-ring (bicyclic) bond motifs is 1. The minimum Gasteiger partial charge on any atom is -0.331 e. The van der Waals surface area contributed by atoms with Gasteiger partial charge in [0.2, 0.25) is 17.7 Å². The molecule has 1 aromatic carbocycles. The summed E-state index contributed by atoms with van der Waals surface area (Å²) in [5, 5.41) is 0. The van der Waals surface area contributed by atoms with E-state index >= 15 is 0 Å². The van der Waals surface area contributed by atoms with Crippen LogP contribution in [0.4, 0.5) is 4.39 Å². The number of quaternary nitrogens is 1. The number of imide groups is 1. The number of carbonyl (C=O) groups excluding carboxylic acids is 3. The maximum Gasteiger partial charge on any atom is 0.233 e. The van der Waals surface area contributed by atoms with E-state index in [1.807, 2.05) is 17.0 Å². The van der Waals surface area contributed by atoms with Gasteiger partial charge in [-0.25, -0.2) is 4.39 Å². The average molecular weight is 402 g/mol. The van der Waals surface area contributed by atoms with Crippen LogP contribution in [0.5, 0.6) is 0 Å². The number of likely N-dealkylation sites (tertiary alicyclic amines) is 1. The van der Waals surface area contributed by atoms with Gasteiger partial charge in [0.1, 0.15) is 12.4 Å². The van der Waals surface area contributed by atoms with E-state index in [1.54, 1.807) is 6.07 Å². The number of nitrogens with one attached hydrogen (secondary N) is 1. The van der Waals surface area contributed by atoms with Crippen LogP contribution in [0.25, 0.3) is 0 Å². The zero-order chi connectivity index (χ0) is 20.4. The van der Waals surface area contributed by atoms with Crippen molar-refractivity contribution >= 4 is 17.7 Å². The molecule has 3 fully saturated rings. The predicted molar refractivity (Wildman–Crippen MR) is 104 cm³/mol. The third-order valence-corrected chi connectivity index (χ3v) is 6.70. The molecular formula is C22H29FN3O3+. The van der Waals surface area contributed by atoms with E-state index in [0.29, 0.717) is 25.2 Å². The minimum absolute atomic E-state index is 0.00888. The van der Waals surface area contributed by atoms with Gasteiger partial charge in [0.15, 0.2) is 0 Å². The molecule has 1 aromatic rings. The molecule has 1 saturated carbocycles. The zero-order valence-corrected chi connectivity index (χ0v) is 16.7. The van der Waals surface area contributed by atoms with Gasteiger partial charge in [-0.1, -0.05) is 31.0 Å². The molecule has 2 atom stereocenters. The lowest BCUT2D eigenvalue weighted by molar-refractivity contribution is -0.917. The number of piperazine rings is 1. The Balaban J connectivity index is 1.25. The summed E-state index contributed by atoms with van der Waals surface area (Å²) in [7, 11) is 0. The fourth-order valence-corrected chi connectivity index (χ4v) is 4.98. The maximum absolute atomic E-state index is 13.8. The van der Waals surface area contributed by atoms with E-state index in [1.165, 1.54) is 15.9 Å². The highest BCUT2D eigenvalue weighted by molar-refractivity contribution is 6.05. The van der Waals surface area contributed by atoms with E-state index in [-0.39, 0.29) is 48.3 Å². The largest absolute Gasteiger partial charge is 0.331 e. The monoisotopic (exact) mass is 402 g/mol. The molecule has 0 unspecified atom stereocenters. The van der Waals surface area contributed by atoms with E-state index < -0.39 is 0 Å². The SMILES string of the molecule is O=C(CCN1C(=O)[C@H]2CCCC[C@H]2C1=O)N1CC[NH+](Cc2ccccc2F)CC1. The molecule has 2 aliphatic heterocycles. The van der Waals surface area contributed by atoms with Crippen molar-refractivity contribution in [2.24, 2.45) is 11.8 Å².